The predicted molar refractivity (Wildman–Crippen MR) is 109 cm³/mol. The summed E-state index contributed by atoms with van der Waals surface area (Å²) in [6.45, 7) is 0. The summed E-state index contributed by atoms with van der Waals surface area (Å²) in [4.78, 5) is 25.8. The third-order valence-corrected chi connectivity index (χ3v) is 5.46. The molecule has 0 atom stereocenters. The van der Waals surface area contributed by atoms with E-state index in [0.717, 1.165) is 18.2 Å². The molecular formula is C21H11ClF3NO3S. The first-order valence-corrected chi connectivity index (χ1v) is 9.73. The van der Waals surface area contributed by atoms with Crippen molar-refractivity contribution in [1.29, 1.82) is 0 Å². The largest absolute Gasteiger partial charge is 0.457 e. The Labute approximate surface area is 177 Å². The molecule has 2 heterocycles. The van der Waals surface area contributed by atoms with Crippen LogP contribution in [-0.4, -0.2) is 11.1 Å². The lowest BCUT2D eigenvalue weighted by Gasteiger charge is -2.14. The maximum Gasteiger partial charge on any atom is 0.416 e. The van der Waals surface area contributed by atoms with Gasteiger partial charge >= 0.3 is 6.18 Å². The molecule has 0 radical (unpaired) electrons. The number of imide groups is 1. The molecule has 0 aliphatic carbocycles. The molecule has 0 N–H and O–H groups in total. The second-order valence-electron chi connectivity index (χ2n) is 6.25. The van der Waals surface area contributed by atoms with Crippen LogP contribution < -0.4 is 4.90 Å². The zero-order valence-electron chi connectivity index (χ0n) is 14.9. The zero-order chi connectivity index (χ0) is 21.5. The number of amides is 2. The van der Waals surface area contributed by atoms with Gasteiger partial charge in [-0.25, -0.2) is 4.90 Å². The number of carbonyl (C=O) groups is 2. The zero-order valence-corrected chi connectivity index (χ0v) is 16.5. The van der Waals surface area contributed by atoms with Crippen molar-refractivity contribution in [3.05, 3.63) is 81.9 Å². The van der Waals surface area contributed by atoms with Gasteiger partial charge < -0.3 is 4.42 Å². The summed E-state index contributed by atoms with van der Waals surface area (Å²) in [7, 11) is 0. The van der Waals surface area contributed by atoms with Crippen LogP contribution in [0.1, 0.15) is 11.3 Å². The summed E-state index contributed by atoms with van der Waals surface area (Å²) in [6.07, 6.45) is -3.21. The average molecular weight is 450 g/mol. The summed E-state index contributed by atoms with van der Waals surface area (Å²) in [5.41, 5.74) is -0.429. The van der Waals surface area contributed by atoms with Crippen LogP contribution in [0.15, 0.2) is 70.0 Å². The van der Waals surface area contributed by atoms with Crippen LogP contribution >= 0.6 is 23.4 Å². The van der Waals surface area contributed by atoms with Crippen molar-refractivity contribution in [1.82, 2.24) is 0 Å². The van der Waals surface area contributed by atoms with Gasteiger partial charge in [0.25, 0.3) is 11.1 Å². The Morgan fingerprint density at radius 3 is 2.50 bits per heavy atom. The minimum absolute atomic E-state index is 0.0393. The van der Waals surface area contributed by atoms with E-state index in [1.807, 2.05) is 0 Å². The molecule has 4 rings (SSSR count). The van der Waals surface area contributed by atoms with E-state index in [-0.39, 0.29) is 10.6 Å². The summed E-state index contributed by atoms with van der Waals surface area (Å²) < 4.78 is 44.6. The Hall–Kier alpha value is -2.97. The van der Waals surface area contributed by atoms with E-state index in [1.165, 1.54) is 12.1 Å². The number of anilines is 1. The van der Waals surface area contributed by atoms with Crippen LogP contribution in [-0.2, 0) is 11.0 Å². The first-order valence-electron chi connectivity index (χ1n) is 8.54. The quantitative estimate of drug-likeness (QED) is 0.410. The Bertz CT molecular complexity index is 1190. The molecule has 0 unspecified atom stereocenters. The van der Waals surface area contributed by atoms with Crippen molar-refractivity contribution in [2.45, 2.75) is 6.18 Å². The molecule has 0 bridgehead atoms. The lowest BCUT2D eigenvalue weighted by molar-refractivity contribution is -0.137. The molecule has 4 nitrogen and oxygen atoms in total. The highest BCUT2D eigenvalue weighted by Gasteiger charge is 2.38. The van der Waals surface area contributed by atoms with E-state index < -0.39 is 22.9 Å². The van der Waals surface area contributed by atoms with Gasteiger partial charge in [-0.1, -0.05) is 29.8 Å². The molecule has 1 aliphatic rings. The fourth-order valence-corrected chi connectivity index (χ4v) is 3.93. The summed E-state index contributed by atoms with van der Waals surface area (Å²) in [5.74, 6) is 0.0587. The third kappa shape index (κ3) is 3.88. The number of halogens is 4. The van der Waals surface area contributed by atoms with Gasteiger partial charge in [0.05, 0.1) is 21.2 Å². The molecule has 2 aromatic carbocycles. The van der Waals surface area contributed by atoms with E-state index in [1.54, 1.807) is 36.4 Å². The van der Waals surface area contributed by atoms with Crippen LogP contribution in [0.25, 0.3) is 17.4 Å². The average Bonchev–Trinajstić information content (AvgIpc) is 3.26. The first-order chi connectivity index (χ1) is 14.2. The highest BCUT2D eigenvalue weighted by atomic mass is 35.5. The van der Waals surface area contributed by atoms with Gasteiger partial charge in [-0.05, 0) is 54.2 Å². The minimum Gasteiger partial charge on any atom is -0.457 e. The first kappa shape index (κ1) is 20.3. The summed E-state index contributed by atoms with van der Waals surface area (Å²) in [6, 6.07) is 14.4. The highest BCUT2D eigenvalue weighted by Crippen LogP contribution is 2.39. The molecular weight excluding hydrogens is 439 g/mol. The number of carbonyl (C=O) groups excluding carboxylic acids is 2. The van der Waals surface area contributed by atoms with Crippen molar-refractivity contribution < 1.29 is 27.2 Å². The molecule has 9 heteroatoms. The van der Waals surface area contributed by atoms with Crippen LogP contribution in [0.4, 0.5) is 23.7 Å². The minimum atomic E-state index is -4.59. The van der Waals surface area contributed by atoms with E-state index in [0.29, 0.717) is 38.8 Å². The number of rotatable bonds is 3. The van der Waals surface area contributed by atoms with Gasteiger partial charge in [0.15, 0.2) is 0 Å². The molecule has 152 valence electrons. The Balaban J connectivity index is 1.62. The standard InChI is InChI=1S/C21H11ClF3NO3S/c22-16-7-2-1-6-15(16)17-9-8-14(29-17)11-18-19(27)26(20(28)30-18)13-5-3-4-12(10-13)21(23,24)25/h1-11H/b18-11+. The molecule has 1 fully saturated rings. The van der Waals surface area contributed by atoms with Crippen molar-refractivity contribution in [3.8, 4) is 11.3 Å². The maximum absolute atomic E-state index is 13.0. The number of hydrogen-bond acceptors (Lipinski definition) is 4. The van der Waals surface area contributed by atoms with Crippen molar-refractivity contribution in [3.63, 3.8) is 0 Å². The van der Waals surface area contributed by atoms with Gasteiger partial charge in [0.2, 0.25) is 0 Å². The molecule has 1 saturated heterocycles. The van der Waals surface area contributed by atoms with Gasteiger partial charge in [-0.2, -0.15) is 13.2 Å². The van der Waals surface area contributed by atoms with E-state index in [4.69, 9.17) is 16.0 Å². The number of alkyl halides is 3. The predicted octanol–water partition coefficient (Wildman–Crippen LogP) is 6.86. The van der Waals surface area contributed by atoms with Crippen molar-refractivity contribution in [2.24, 2.45) is 0 Å². The lowest BCUT2D eigenvalue weighted by atomic mass is 10.2. The fraction of sp³-hybridized carbons (Fsp3) is 0.0476. The molecule has 0 saturated carbocycles. The van der Waals surface area contributed by atoms with Gasteiger partial charge in [-0.15, -0.1) is 0 Å². The maximum atomic E-state index is 13.0. The summed E-state index contributed by atoms with van der Waals surface area (Å²) >= 11 is 6.77. The lowest BCUT2D eigenvalue weighted by Crippen LogP contribution is -2.27. The van der Waals surface area contributed by atoms with Crippen molar-refractivity contribution >= 4 is 46.3 Å². The van der Waals surface area contributed by atoms with E-state index in [2.05, 4.69) is 0 Å². The van der Waals surface area contributed by atoms with Crippen LogP contribution in [0, 0.1) is 0 Å². The monoisotopic (exact) mass is 449 g/mol. The van der Waals surface area contributed by atoms with E-state index in [9.17, 15) is 22.8 Å². The molecule has 3 aromatic rings. The van der Waals surface area contributed by atoms with Gasteiger partial charge in [0, 0.05) is 11.6 Å². The molecule has 1 aromatic heterocycles. The molecule has 2 amide bonds. The smallest absolute Gasteiger partial charge is 0.416 e. The Morgan fingerprint density at radius 1 is 1.00 bits per heavy atom. The number of hydrogen-bond donors (Lipinski definition) is 0. The molecule has 1 aliphatic heterocycles. The SMILES string of the molecule is O=C1S/C(=C/c2ccc(-c3ccccc3Cl)o2)C(=O)N1c1cccc(C(F)(F)F)c1. The van der Waals surface area contributed by atoms with Gasteiger partial charge in [0.1, 0.15) is 11.5 Å². The normalized spacial score (nSPS) is 16.0. The fourth-order valence-electron chi connectivity index (χ4n) is 2.88. The molecule has 0 spiro atoms. The van der Waals surface area contributed by atoms with Crippen LogP contribution in [0.5, 0.6) is 0 Å². The van der Waals surface area contributed by atoms with Crippen LogP contribution in [0.2, 0.25) is 5.02 Å². The van der Waals surface area contributed by atoms with Crippen molar-refractivity contribution in [2.75, 3.05) is 4.90 Å². The van der Waals surface area contributed by atoms with Crippen LogP contribution in [0.3, 0.4) is 0 Å². The number of benzene rings is 2. The third-order valence-electron chi connectivity index (χ3n) is 4.26. The number of furan rings is 1. The highest BCUT2D eigenvalue weighted by molar-refractivity contribution is 8.19. The second kappa shape index (κ2) is 7.70. The van der Waals surface area contributed by atoms with Gasteiger partial charge in [-0.3, -0.25) is 9.59 Å². The Morgan fingerprint density at radius 2 is 1.77 bits per heavy atom. The molecule has 30 heavy (non-hydrogen) atoms. The second-order valence-corrected chi connectivity index (χ2v) is 7.65. The number of thioether (sulfide) groups is 1. The summed E-state index contributed by atoms with van der Waals surface area (Å²) in [5, 5.41) is -0.202. The Kier molecular flexibility index (Phi) is 5.21. The van der Waals surface area contributed by atoms with E-state index >= 15 is 0 Å². The number of nitrogens with zero attached hydrogens (tertiary/aromatic N) is 1. The topological polar surface area (TPSA) is 50.5 Å².